The van der Waals surface area contributed by atoms with Crippen LogP contribution in [0.1, 0.15) is 17.0 Å². The van der Waals surface area contributed by atoms with E-state index in [2.05, 4.69) is 5.10 Å². The Morgan fingerprint density at radius 1 is 1.37 bits per heavy atom. The normalized spacial score (nSPS) is 10.8. The van der Waals surface area contributed by atoms with E-state index in [9.17, 15) is 5.11 Å². The highest BCUT2D eigenvalue weighted by Gasteiger charge is 2.12. The van der Waals surface area contributed by atoms with Gasteiger partial charge in [-0.15, -0.1) is 0 Å². The topological polar surface area (TPSA) is 47.3 Å². The number of aliphatic hydroxyl groups is 1. The van der Waals surface area contributed by atoms with Crippen molar-refractivity contribution in [2.75, 3.05) is 0 Å². The lowest BCUT2D eigenvalue weighted by Gasteiger charge is -2.11. The quantitative estimate of drug-likeness (QED) is 0.944. The van der Waals surface area contributed by atoms with Crippen molar-refractivity contribution < 1.29 is 9.84 Å². The van der Waals surface area contributed by atoms with Gasteiger partial charge in [-0.2, -0.15) is 5.10 Å². The predicted octanol–water partition coefficient (Wildman–Crippen LogP) is 3.11. The summed E-state index contributed by atoms with van der Waals surface area (Å²) in [7, 11) is 1.81. The highest BCUT2D eigenvalue weighted by Crippen LogP contribution is 2.26. The van der Waals surface area contributed by atoms with Gasteiger partial charge in [0.15, 0.2) is 0 Å². The lowest BCUT2D eigenvalue weighted by atomic mass is 10.2. The van der Waals surface area contributed by atoms with Crippen LogP contribution in [0.3, 0.4) is 0 Å². The predicted molar refractivity (Wildman–Crippen MR) is 74.7 cm³/mol. The van der Waals surface area contributed by atoms with Crippen LogP contribution in [0.2, 0.25) is 10.0 Å². The average Bonchev–Trinajstić information content (AvgIpc) is 2.62. The van der Waals surface area contributed by atoms with Crippen molar-refractivity contribution in [1.29, 1.82) is 0 Å². The largest absolute Gasteiger partial charge is 0.487 e. The molecule has 0 spiro atoms. The number of hydrogen-bond acceptors (Lipinski definition) is 3. The fourth-order valence-corrected chi connectivity index (χ4v) is 2.20. The van der Waals surface area contributed by atoms with E-state index in [0.717, 1.165) is 11.4 Å². The molecule has 0 aliphatic carbocycles. The van der Waals surface area contributed by atoms with Gasteiger partial charge >= 0.3 is 0 Å². The second-order valence-electron chi connectivity index (χ2n) is 4.17. The van der Waals surface area contributed by atoms with Gasteiger partial charge in [0.25, 0.3) is 0 Å². The van der Waals surface area contributed by atoms with Crippen molar-refractivity contribution in [1.82, 2.24) is 9.78 Å². The molecular weight excluding hydrogens is 287 g/mol. The second-order valence-corrected chi connectivity index (χ2v) is 4.98. The first-order chi connectivity index (χ1) is 9.02. The number of halogens is 2. The van der Waals surface area contributed by atoms with Crippen LogP contribution in [-0.2, 0) is 20.3 Å². The molecule has 6 heteroatoms. The molecule has 0 bridgehead atoms. The zero-order valence-electron chi connectivity index (χ0n) is 10.7. The van der Waals surface area contributed by atoms with E-state index in [0.29, 0.717) is 21.4 Å². The molecule has 0 radical (unpaired) electrons. The van der Waals surface area contributed by atoms with Crippen molar-refractivity contribution in [3.05, 3.63) is 45.2 Å². The van der Waals surface area contributed by atoms with E-state index < -0.39 is 0 Å². The lowest BCUT2D eigenvalue weighted by molar-refractivity contribution is 0.255. The van der Waals surface area contributed by atoms with Gasteiger partial charge < -0.3 is 9.84 Å². The highest BCUT2D eigenvalue weighted by atomic mass is 35.5. The number of nitrogens with zero attached hydrogens (tertiary/aromatic N) is 2. The second kappa shape index (κ2) is 5.82. The fourth-order valence-electron chi connectivity index (χ4n) is 1.80. The van der Waals surface area contributed by atoms with Gasteiger partial charge in [0.2, 0.25) is 0 Å². The first-order valence-corrected chi connectivity index (χ1v) is 6.48. The molecule has 0 saturated carbocycles. The summed E-state index contributed by atoms with van der Waals surface area (Å²) in [5.41, 5.74) is 2.20. The van der Waals surface area contributed by atoms with Crippen LogP contribution in [0.5, 0.6) is 5.75 Å². The van der Waals surface area contributed by atoms with Gasteiger partial charge in [-0.25, -0.2) is 0 Å². The van der Waals surface area contributed by atoms with Crippen molar-refractivity contribution >= 4 is 23.2 Å². The summed E-state index contributed by atoms with van der Waals surface area (Å²) in [6, 6.07) is 5.12. The Kier molecular flexibility index (Phi) is 4.34. The zero-order valence-corrected chi connectivity index (χ0v) is 12.2. The molecule has 0 unspecified atom stereocenters. The molecule has 2 rings (SSSR count). The summed E-state index contributed by atoms with van der Waals surface area (Å²) in [6.07, 6.45) is 0. The molecular formula is C13H14Cl2N2O2. The maximum atomic E-state index is 9.27. The molecule has 0 aliphatic heterocycles. The maximum Gasteiger partial charge on any atom is 0.131 e. The first-order valence-electron chi connectivity index (χ1n) is 5.73. The van der Waals surface area contributed by atoms with Crippen molar-refractivity contribution in [3.8, 4) is 5.75 Å². The molecule has 19 heavy (non-hydrogen) atoms. The Labute approximate surface area is 121 Å². The van der Waals surface area contributed by atoms with E-state index in [-0.39, 0.29) is 13.2 Å². The van der Waals surface area contributed by atoms with Crippen molar-refractivity contribution in [3.63, 3.8) is 0 Å². The van der Waals surface area contributed by atoms with Gasteiger partial charge in [-0.3, -0.25) is 4.68 Å². The van der Waals surface area contributed by atoms with Gasteiger partial charge in [0, 0.05) is 17.6 Å². The van der Waals surface area contributed by atoms with Crippen LogP contribution in [-0.4, -0.2) is 14.9 Å². The van der Waals surface area contributed by atoms with E-state index >= 15 is 0 Å². The van der Waals surface area contributed by atoms with Crippen LogP contribution in [0.4, 0.5) is 0 Å². The minimum absolute atomic E-state index is 0.131. The first kappa shape index (κ1) is 14.2. The Hall–Kier alpha value is -1.23. The summed E-state index contributed by atoms with van der Waals surface area (Å²) in [5, 5.41) is 14.6. The monoisotopic (exact) mass is 300 g/mol. The molecule has 1 heterocycles. The van der Waals surface area contributed by atoms with E-state index in [1.54, 1.807) is 22.9 Å². The molecule has 4 nitrogen and oxygen atoms in total. The van der Waals surface area contributed by atoms with Crippen LogP contribution in [0.15, 0.2) is 18.2 Å². The number of hydrogen-bond donors (Lipinski definition) is 1. The van der Waals surface area contributed by atoms with Gasteiger partial charge in [0.05, 0.1) is 23.0 Å². The van der Waals surface area contributed by atoms with Gasteiger partial charge in [-0.1, -0.05) is 23.2 Å². The number of benzene rings is 1. The van der Waals surface area contributed by atoms with E-state index in [1.807, 2.05) is 14.0 Å². The third-order valence-corrected chi connectivity index (χ3v) is 3.55. The standard InChI is InChI=1S/C13H14Cl2N2O2/c1-8-13(15)11(17(2)16-8)7-19-12-4-3-10(14)5-9(12)6-18/h3-5,18H,6-7H2,1-2H3. The summed E-state index contributed by atoms with van der Waals surface area (Å²) < 4.78 is 7.37. The molecule has 0 saturated heterocycles. The molecule has 1 aromatic carbocycles. The molecule has 1 aromatic heterocycles. The average molecular weight is 301 g/mol. The third kappa shape index (κ3) is 3.03. The van der Waals surface area contributed by atoms with Crippen LogP contribution in [0, 0.1) is 6.92 Å². The highest BCUT2D eigenvalue weighted by molar-refractivity contribution is 6.31. The Balaban J connectivity index is 2.19. The summed E-state index contributed by atoms with van der Waals surface area (Å²) >= 11 is 12.0. The van der Waals surface area contributed by atoms with Crippen molar-refractivity contribution in [2.24, 2.45) is 7.05 Å². The molecule has 102 valence electrons. The van der Waals surface area contributed by atoms with Crippen LogP contribution < -0.4 is 4.74 Å². The molecule has 0 aliphatic rings. The zero-order chi connectivity index (χ0) is 14.0. The Bertz CT molecular complexity index is 597. The lowest BCUT2D eigenvalue weighted by Crippen LogP contribution is -2.05. The summed E-state index contributed by atoms with van der Waals surface area (Å²) in [5.74, 6) is 0.585. The van der Waals surface area contributed by atoms with Gasteiger partial charge in [-0.05, 0) is 25.1 Å². The van der Waals surface area contributed by atoms with Crippen LogP contribution >= 0.6 is 23.2 Å². The summed E-state index contributed by atoms with van der Waals surface area (Å²) in [6.45, 7) is 1.99. The minimum Gasteiger partial charge on any atom is -0.487 e. The number of aromatic nitrogens is 2. The van der Waals surface area contributed by atoms with E-state index in [4.69, 9.17) is 27.9 Å². The molecule has 0 amide bonds. The van der Waals surface area contributed by atoms with Crippen LogP contribution in [0.25, 0.3) is 0 Å². The minimum atomic E-state index is -0.131. The van der Waals surface area contributed by atoms with E-state index in [1.165, 1.54) is 0 Å². The number of rotatable bonds is 4. The maximum absolute atomic E-state index is 9.27. The third-order valence-electron chi connectivity index (χ3n) is 2.82. The number of aryl methyl sites for hydroxylation is 2. The number of aliphatic hydroxyl groups excluding tert-OH is 1. The van der Waals surface area contributed by atoms with Gasteiger partial charge in [0.1, 0.15) is 12.4 Å². The van der Waals surface area contributed by atoms with Crippen molar-refractivity contribution in [2.45, 2.75) is 20.1 Å². The molecule has 2 aromatic rings. The summed E-state index contributed by atoms with van der Waals surface area (Å²) in [4.78, 5) is 0. The molecule has 0 fully saturated rings. The Morgan fingerprint density at radius 3 is 2.68 bits per heavy atom. The smallest absolute Gasteiger partial charge is 0.131 e. The SMILES string of the molecule is Cc1nn(C)c(COc2ccc(Cl)cc2CO)c1Cl. The molecule has 0 atom stereocenters. The molecule has 1 N–H and O–H groups in total. The fraction of sp³-hybridized carbons (Fsp3) is 0.308. The Morgan fingerprint density at radius 2 is 2.11 bits per heavy atom. The number of ether oxygens (including phenoxy) is 1.